The van der Waals surface area contributed by atoms with Crippen LogP contribution in [0.15, 0.2) is 18.2 Å². The molecule has 1 aromatic carbocycles. The molecule has 1 unspecified atom stereocenters. The number of nitrogens with one attached hydrogen (secondary N) is 1. The zero-order valence-electron chi connectivity index (χ0n) is 11.0. The molecular weight excluding hydrogens is 261 g/mol. The molecule has 0 amide bonds. The zero-order valence-corrected chi connectivity index (χ0v) is 11.8. The van der Waals surface area contributed by atoms with E-state index < -0.39 is 0 Å². The van der Waals surface area contributed by atoms with E-state index in [0.717, 1.165) is 30.7 Å². The quantitative estimate of drug-likeness (QED) is 0.871. The number of aromatic nitrogens is 2. The van der Waals surface area contributed by atoms with Crippen LogP contribution in [0, 0.1) is 10.6 Å². The second-order valence-electron chi connectivity index (χ2n) is 5.13. The maximum Gasteiger partial charge on any atom is 0.178 e. The number of likely N-dealkylation sites (N-methyl/N-ethyl adjacent to an activating group) is 1. The van der Waals surface area contributed by atoms with Crippen molar-refractivity contribution in [2.75, 3.05) is 13.1 Å². The normalized spacial score (nSPS) is 20.4. The van der Waals surface area contributed by atoms with Gasteiger partial charge in [-0.3, -0.25) is 4.90 Å². The van der Waals surface area contributed by atoms with Gasteiger partial charge in [0.15, 0.2) is 4.77 Å². The van der Waals surface area contributed by atoms with Crippen molar-refractivity contribution in [3.05, 3.63) is 28.8 Å². The van der Waals surface area contributed by atoms with Crippen molar-refractivity contribution in [2.24, 2.45) is 0 Å². The SMILES string of the molecule is CCN1CCCC1Cn1c(=S)[nH]c2ccc(F)cc21. The Morgan fingerprint density at radius 1 is 1.47 bits per heavy atom. The summed E-state index contributed by atoms with van der Waals surface area (Å²) in [6.07, 6.45) is 2.43. The van der Waals surface area contributed by atoms with Gasteiger partial charge in [-0.25, -0.2) is 4.39 Å². The van der Waals surface area contributed by atoms with Gasteiger partial charge in [0.2, 0.25) is 0 Å². The van der Waals surface area contributed by atoms with E-state index in [9.17, 15) is 4.39 Å². The third kappa shape index (κ3) is 2.32. The van der Waals surface area contributed by atoms with E-state index in [2.05, 4.69) is 16.8 Å². The first-order chi connectivity index (χ1) is 9.19. The van der Waals surface area contributed by atoms with Crippen molar-refractivity contribution in [3.8, 4) is 0 Å². The van der Waals surface area contributed by atoms with Gasteiger partial charge >= 0.3 is 0 Å². The Hall–Kier alpha value is -1.20. The molecule has 0 saturated carbocycles. The van der Waals surface area contributed by atoms with E-state index in [1.807, 2.05) is 4.57 Å². The van der Waals surface area contributed by atoms with Gasteiger partial charge in [-0.2, -0.15) is 0 Å². The van der Waals surface area contributed by atoms with Crippen molar-refractivity contribution in [1.82, 2.24) is 14.5 Å². The summed E-state index contributed by atoms with van der Waals surface area (Å²) in [5.41, 5.74) is 1.78. The molecule has 1 N–H and O–H groups in total. The number of imidazole rings is 1. The maximum absolute atomic E-state index is 13.4. The molecule has 3 rings (SSSR count). The fourth-order valence-corrected chi connectivity index (χ4v) is 3.32. The number of rotatable bonds is 3. The summed E-state index contributed by atoms with van der Waals surface area (Å²) in [6, 6.07) is 5.29. The minimum Gasteiger partial charge on any atom is -0.331 e. The van der Waals surface area contributed by atoms with Crippen molar-refractivity contribution >= 4 is 23.3 Å². The maximum atomic E-state index is 13.4. The summed E-state index contributed by atoms with van der Waals surface area (Å²) in [4.78, 5) is 5.63. The summed E-state index contributed by atoms with van der Waals surface area (Å²) in [6.45, 7) is 5.25. The van der Waals surface area contributed by atoms with Crippen LogP contribution in [-0.4, -0.2) is 33.6 Å². The molecule has 1 atom stereocenters. The number of hydrogen-bond acceptors (Lipinski definition) is 2. The van der Waals surface area contributed by atoms with Gasteiger partial charge in [0.05, 0.1) is 11.0 Å². The summed E-state index contributed by atoms with van der Waals surface area (Å²) >= 11 is 5.37. The van der Waals surface area contributed by atoms with E-state index >= 15 is 0 Å². The number of fused-ring (bicyclic) bond motifs is 1. The number of nitrogens with zero attached hydrogens (tertiary/aromatic N) is 2. The van der Waals surface area contributed by atoms with Crippen LogP contribution in [0.2, 0.25) is 0 Å². The highest BCUT2D eigenvalue weighted by Gasteiger charge is 2.24. The molecular formula is C14H18FN3S. The van der Waals surface area contributed by atoms with Gasteiger partial charge in [-0.05, 0) is 56.3 Å². The molecule has 1 fully saturated rings. The molecule has 1 aromatic heterocycles. The standard InChI is InChI=1S/C14H18FN3S/c1-2-17-7-3-4-11(17)9-18-13-8-10(15)5-6-12(13)16-14(18)19/h5-6,8,11H,2-4,7,9H2,1H3,(H,16,19). The largest absolute Gasteiger partial charge is 0.331 e. The molecule has 102 valence electrons. The highest BCUT2D eigenvalue weighted by Crippen LogP contribution is 2.22. The average molecular weight is 279 g/mol. The number of halogens is 1. The summed E-state index contributed by atoms with van der Waals surface area (Å²) in [7, 11) is 0. The summed E-state index contributed by atoms with van der Waals surface area (Å²) in [5.74, 6) is -0.214. The molecule has 2 heterocycles. The van der Waals surface area contributed by atoms with E-state index in [1.165, 1.54) is 18.9 Å². The van der Waals surface area contributed by atoms with Gasteiger partial charge < -0.3 is 9.55 Å². The first-order valence-electron chi connectivity index (χ1n) is 6.81. The first-order valence-corrected chi connectivity index (χ1v) is 7.22. The molecule has 1 aliphatic rings. The lowest BCUT2D eigenvalue weighted by Gasteiger charge is -2.23. The Balaban J connectivity index is 1.98. The molecule has 0 spiro atoms. The Kier molecular flexibility index (Phi) is 3.41. The molecule has 0 bridgehead atoms. The number of benzene rings is 1. The molecule has 0 radical (unpaired) electrons. The zero-order chi connectivity index (χ0) is 13.4. The van der Waals surface area contributed by atoms with Crippen molar-refractivity contribution in [2.45, 2.75) is 32.4 Å². The first kappa shape index (κ1) is 12.8. The van der Waals surface area contributed by atoms with Crippen LogP contribution < -0.4 is 0 Å². The van der Waals surface area contributed by atoms with Gasteiger partial charge in [0, 0.05) is 12.6 Å². The minimum absolute atomic E-state index is 0.214. The monoisotopic (exact) mass is 279 g/mol. The lowest BCUT2D eigenvalue weighted by atomic mass is 10.2. The molecule has 1 saturated heterocycles. The van der Waals surface area contributed by atoms with Crippen molar-refractivity contribution in [3.63, 3.8) is 0 Å². The minimum atomic E-state index is -0.214. The van der Waals surface area contributed by atoms with Crippen molar-refractivity contribution in [1.29, 1.82) is 0 Å². The molecule has 5 heteroatoms. The van der Waals surface area contributed by atoms with Gasteiger partial charge in [0.1, 0.15) is 5.82 Å². The molecule has 0 aliphatic carbocycles. The predicted octanol–water partition coefficient (Wildman–Crippen LogP) is 3.32. The Bertz CT molecular complexity index is 646. The topological polar surface area (TPSA) is 24.0 Å². The third-order valence-corrected chi connectivity index (χ3v) is 4.36. The second-order valence-corrected chi connectivity index (χ2v) is 5.51. The van der Waals surface area contributed by atoms with Crippen molar-refractivity contribution < 1.29 is 4.39 Å². The molecule has 1 aliphatic heterocycles. The van der Waals surface area contributed by atoms with Crippen LogP contribution in [0.25, 0.3) is 11.0 Å². The van der Waals surface area contributed by atoms with Crippen LogP contribution >= 0.6 is 12.2 Å². The Labute approximate surface area is 117 Å². The van der Waals surface area contributed by atoms with E-state index in [1.54, 1.807) is 12.1 Å². The summed E-state index contributed by atoms with van der Waals surface area (Å²) in [5, 5.41) is 0. The molecule has 2 aromatic rings. The van der Waals surface area contributed by atoms with E-state index in [-0.39, 0.29) is 5.82 Å². The molecule has 3 nitrogen and oxygen atoms in total. The number of hydrogen-bond donors (Lipinski definition) is 1. The smallest absolute Gasteiger partial charge is 0.178 e. The van der Waals surface area contributed by atoms with E-state index in [0.29, 0.717) is 10.8 Å². The van der Waals surface area contributed by atoms with Gasteiger partial charge in [0.25, 0.3) is 0 Å². The van der Waals surface area contributed by atoms with Crippen LogP contribution in [0.4, 0.5) is 4.39 Å². The number of aromatic amines is 1. The average Bonchev–Trinajstić information content (AvgIpc) is 2.96. The van der Waals surface area contributed by atoms with Crippen LogP contribution in [0.3, 0.4) is 0 Å². The van der Waals surface area contributed by atoms with Crippen LogP contribution in [-0.2, 0) is 6.54 Å². The van der Waals surface area contributed by atoms with E-state index in [4.69, 9.17) is 12.2 Å². The fourth-order valence-electron chi connectivity index (χ4n) is 3.04. The van der Waals surface area contributed by atoms with Gasteiger partial charge in [-0.1, -0.05) is 6.92 Å². The third-order valence-electron chi connectivity index (χ3n) is 4.04. The van der Waals surface area contributed by atoms with Crippen LogP contribution in [0.5, 0.6) is 0 Å². The second kappa shape index (κ2) is 5.06. The lowest BCUT2D eigenvalue weighted by Crippen LogP contribution is -2.32. The number of likely N-dealkylation sites (tertiary alicyclic amines) is 1. The molecule has 19 heavy (non-hydrogen) atoms. The fraction of sp³-hybridized carbons (Fsp3) is 0.500. The highest BCUT2D eigenvalue weighted by atomic mass is 32.1. The lowest BCUT2D eigenvalue weighted by molar-refractivity contribution is 0.245. The summed E-state index contributed by atoms with van der Waals surface area (Å²) < 4.78 is 16.1. The highest BCUT2D eigenvalue weighted by molar-refractivity contribution is 7.71. The number of H-pyrrole nitrogens is 1. The predicted molar refractivity (Wildman–Crippen MR) is 77.3 cm³/mol. The Morgan fingerprint density at radius 3 is 3.11 bits per heavy atom. The Morgan fingerprint density at radius 2 is 2.32 bits per heavy atom. The van der Waals surface area contributed by atoms with Gasteiger partial charge in [-0.15, -0.1) is 0 Å². The van der Waals surface area contributed by atoms with Crippen LogP contribution in [0.1, 0.15) is 19.8 Å².